The summed E-state index contributed by atoms with van der Waals surface area (Å²) in [6.07, 6.45) is 0. The van der Waals surface area contributed by atoms with Crippen LogP contribution in [0.1, 0.15) is 0 Å². The van der Waals surface area contributed by atoms with Crippen molar-refractivity contribution >= 4 is 17.1 Å². The molecule has 1 rings (SSSR count). The molecule has 0 aliphatic carbocycles. The van der Waals surface area contributed by atoms with E-state index in [0.29, 0.717) is 6.54 Å². The Labute approximate surface area is 108 Å². The molecule has 19 heavy (non-hydrogen) atoms. The predicted octanol–water partition coefficient (Wildman–Crippen LogP) is 0.924. The van der Waals surface area contributed by atoms with Gasteiger partial charge in [-0.1, -0.05) is 0 Å². The molecule has 0 fully saturated rings. The van der Waals surface area contributed by atoms with Crippen molar-refractivity contribution in [2.45, 2.75) is 0 Å². The highest BCUT2D eigenvalue weighted by Gasteiger charge is 2.18. The lowest BCUT2D eigenvalue weighted by Crippen LogP contribution is -2.12. The zero-order valence-electron chi connectivity index (χ0n) is 9.94. The van der Waals surface area contributed by atoms with E-state index >= 15 is 0 Å². The summed E-state index contributed by atoms with van der Waals surface area (Å²) < 4.78 is 4.98. The first-order valence-electron chi connectivity index (χ1n) is 5.41. The van der Waals surface area contributed by atoms with Gasteiger partial charge >= 0.3 is 0 Å². The van der Waals surface area contributed by atoms with E-state index in [2.05, 4.69) is 5.32 Å². The smallest absolute Gasteiger partial charge is 0.299 e. The van der Waals surface area contributed by atoms with Crippen LogP contribution in [0.2, 0.25) is 0 Å². The average Bonchev–Trinajstić information content (AvgIpc) is 2.38. The molecule has 2 N–H and O–H groups in total. The lowest BCUT2D eigenvalue weighted by Gasteiger charge is -2.07. The zero-order valence-corrected chi connectivity index (χ0v) is 9.94. The minimum absolute atomic E-state index is 0.0995. The van der Waals surface area contributed by atoms with Gasteiger partial charge in [-0.25, -0.2) is 0 Å². The highest BCUT2D eigenvalue weighted by Crippen LogP contribution is 2.28. The Balaban J connectivity index is 2.71. The number of hydrogen-bond acceptors (Lipinski definition) is 7. The van der Waals surface area contributed by atoms with Crippen LogP contribution in [0.25, 0.3) is 0 Å². The van der Waals surface area contributed by atoms with Crippen molar-refractivity contribution in [3.63, 3.8) is 0 Å². The number of nitrogens with one attached hydrogen (secondary N) is 1. The van der Waals surface area contributed by atoms with E-state index in [1.165, 1.54) is 12.1 Å². The molecule has 9 heteroatoms. The summed E-state index contributed by atoms with van der Waals surface area (Å²) in [6, 6.07) is 3.36. The molecular weight excluding hydrogens is 258 g/mol. The first-order valence-corrected chi connectivity index (χ1v) is 5.41. The number of rotatable bonds is 8. The maximum atomic E-state index is 10.8. The molecule has 0 unspecified atom stereocenters. The summed E-state index contributed by atoms with van der Waals surface area (Å²) in [5.41, 5.74) is -0.520. The quantitative estimate of drug-likeness (QED) is 0.408. The predicted molar refractivity (Wildman–Crippen MR) is 66.1 cm³/mol. The molecule has 0 aromatic heterocycles. The molecule has 0 saturated heterocycles. The molecule has 104 valence electrons. The summed E-state index contributed by atoms with van der Waals surface area (Å²) in [7, 11) is 0. The number of benzene rings is 1. The van der Waals surface area contributed by atoms with Crippen LogP contribution < -0.4 is 5.32 Å². The van der Waals surface area contributed by atoms with Crippen LogP contribution in [-0.2, 0) is 4.74 Å². The molecule has 0 spiro atoms. The van der Waals surface area contributed by atoms with Gasteiger partial charge in [0.25, 0.3) is 11.4 Å². The normalized spacial score (nSPS) is 10.2. The summed E-state index contributed by atoms with van der Waals surface area (Å²) in [6.45, 7) is 0.634. The van der Waals surface area contributed by atoms with E-state index in [-0.39, 0.29) is 36.9 Å². The fourth-order valence-corrected chi connectivity index (χ4v) is 1.36. The van der Waals surface area contributed by atoms with Crippen molar-refractivity contribution in [2.24, 2.45) is 0 Å². The average molecular weight is 271 g/mol. The van der Waals surface area contributed by atoms with Crippen LogP contribution in [0.15, 0.2) is 18.2 Å². The molecule has 0 saturated carbocycles. The van der Waals surface area contributed by atoms with Gasteiger partial charge in [-0.3, -0.25) is 20.2 Å². The second kappa shape index (κ2) is 7.24. The molecule has 0 aliphatic rings. The van der Waals surface area contributed by atoms with E-state index in [4.69, 9.17) is 9.84 Å². The molecule has 0 bridgehead atoms. The number of ether oxygens (including phenoxy) is 1. The molecular formula is C10H13N3O6. The van der Waals surface area contributed by atoms with Crippen LogP contribution in [-0.4, -0.2) is 41.3 Å². The van der Waals surface area contributed by atoms with Gasteiger partial charge in [0, 0.05) is 12.6 Å². The lowest BCUT2D eigenvalue weighted by atomic mass is 10.2. The number of nitro benzene ring substituents is 2. The van der Waals surface area contributed by atoms with E-state index < -0.39 is 9.85 Å². The van der Waals surface area contributed by atoms with Gasteiger partial charge in [-0.15, -0.1) is 0 Å². The van der Waals surface area contributed by atoms with Gasteiger partial charge in [0.1, 0.15) is 5.69 Å². The highest BCUT2D eigenvalue weighted by molar-refractivity contribution is 5.65. The SMILES string of the molecule is O=[N+]([O-])c1ccc(NCCOCCO)c([N+](=O)[O-])c1. The molecule has 1 aromatic carbocycles. The van der Waals surface area contributed by atoms with E-state index in [9.17, 15) is 20.2 Å². The van der Waals surface area contributed by atoms with Crippen LogP contribution >= 0.6 is 0 Å². The largest absolute Gasteiger partial charge is 0.394 e. The Morgan fingerprint density at radius 2 is 1.95 bits per heavy atom. The van der Waals surface area contributed by atoms with Crippen molar-refractivity contribution in [3.05, 3.63) is 38.4 Å². The molecule has 0 radical (unpaired) electrons. The zero-order chi connectivity index (χ0) is 14.3. The van der Waals surface area contributed by atoms with Crippen molar-refractivity contribution in [1.29, 1.82) is 0 Å². The summed E-state index contributed by atoms with van der Waals surface area (Å²) in [5.74, 6) is 0. The third kappa shape index (κ3) is 4.48. The topological polar surface area (TPSA) is 128 Å². The molecule has 0 amide bonds. The number of aliphatic hydroxyl groups is 1. The standard InChI is InChI=1S/C10H13N3O6/c14-4-6-19-5-3-11-9-2-1-8(12(15)16)7-10(9)13(17)18/h1-2,7,11,14H,3-6H2. The minimum atomic E-state index is -0.693. The maximum Gasteiger partial charge on any atom is 0.299 e. The van der Waals surface area contributed by atoms with Gasteiger partial charge in [0.15, 0.2) is 0 Å². The Morgan fingerprint density at radius 3 is 2.53 bits per heavy atom. The van der Waals surface area contributed by atoms with Crippen LogP contribution in [0, 0.1) is 20.2 Å². The van der Waals surface area contributed by atoms with Gasteiger partial charge in [0.05, 0.1) is 35.7 Å². The van der Waals surface area contributed by atoms with E-state index in [1.807, 2.05) is 0 Å². The van der Waals surface area contributed by atoms with Crippen molar-refractivity contribution in [3.8, 4) is 0 Å². The lowest BCUT2D eigenvalue weighted by molar-refractivity contribution is -0.393. The highest BCUT2D eigenvalue weighted by atomic mass is 16.6. The van der Waals surface area contributed by atoms with Crippen molar-refractivity contribution in [1.82, 2.24) is 0 Å². The Kier molecular flexibility index (Phi) is 5.64. The van der Waals surface area contributed by atoms with Crippen molar-refractivity contribution in [2.75, 3.05) is 31.7 Å². The minimum Gasteiger partial charge on any atom is -0.394 e. The number of aliphatic hydroxyl groups excluding tert-OH is 1. The third-order valence-electron chi connectivity index (χ3n) is 2.19. The Bertz CT molecular complexity index is 465. The van der Waals surface area contributed by atoms with E-state index in [1.54, 1.807) is 0 Å². The van der Waals surface area contributed by atoms with Gasteiger partial charge in [-0.05, 0) is 6.07 Å². The fraction of sp³-hybridized carbons (Fsp3) is 0.400. The molecule has 9 nitrogen and oxygen atoms in total. The fourth-order valence-electron chi connectivity index (χ4n) is 1.36. The number of nitro groups is 2. The van der Waals surface area contributed by atoms with Gasteiger partial charge in [0.2, 0.25) is 0 Å². The summed E-state index contributed by atoms with van der Waals surface area (Å²) in [5, 5.41) is 32.6. The first kappa shape index (κ1) is 14.8. The second-order valence-corrected chi connectivity index (χ2v) is 3.48. The van der Waals surface area contributed by atoms with Gasteiger partial charge in [-0.2, -0.15) is 0 Å². The summed E-state index contributed by atoms with van der Waals surface area (Å²) in [4.78, 5) is 20.0. The van der Waals surface area contributed by atoms with Crippen LogP contribution in [0.4, 0.5) is 17.1 Å². The first-order chi connectivity index (χ1) is 9.06. The second-order valence-electron chi connectivity index (χ2n) is 3.48. The molecule has 0 aliphatic heterocycles. The van der Waals surface area contributed by atoms with Gasteiger partial charge < -0.3 is 15.2 Å². The third-order valence-corrected chi connectivity index (χ3v) is 2.19. The van der Waals surface area contributed by atoms with Crippen LogP contribution in [0.3, 0.4) is 0 Å². The number of nitrogens with zero attached hydrogens (tertiary/aromatic N) is 2. The molecule has 0 atom stereocenters. The monoisotopic (exact) mass is 271 g/mol. The molecule has 0 heterocycles. The maximum absolute atomic E-state index is 10.8. The number of anilines is 1. The van der Waals surface area contributed by atoms with E-state index in [0.717, 1.165) is 6.07 Å². The summed E-state index contributed by atoms with van der Waals surface area (Å²) >= 11 is 0. The number of non-ortho nitro benzene ring substituents is 1. The molecule has 1 aromatic rings. The Hall–Kier alpha value is -2.26. The number of hydrogen-bond donors (Lipinski definition) is 2. The van der Waals surface area contributed by atoms with Crippen molar-refractivity contribution < 1.29 is 19.7 Å². The van der Waals surface area contributed by atoms with Crippen LogP contribution in [0.5, 0.6) is 0 Å². The Morgan fingerprint density at radius 1 is 1.21 bits per heavy atom.